The summed E-state index contributed by atoms with van der Waals surface area (Å²) in [6, 6.07) is 12.0. The highest BCUT2D eigenvalue weighted by molar-refractivity contribution is 6.05. The number of ether oxygens (including phenoxy) is 1. The Kier molecular flexibility index (Phi) is 7.31. The lowest BCUT2D eigenvalue weighted by Crippen LogP contribution is -2.44. The van der Waals surface area contributed by atoms with Gasteiger partial charge in [-0.3, -0.25) is 25.2 Å². The fourth-order valence-corrected chi connectivity index (χ4v) is 2.99. The SMILES string of the molecule is CCCCCn1nc(C(=O)NNC(=O)COc2cccc(F)c2)c2ccccc2c1=O. The van der Waals surface area contributed by atoms with E-state index >= 15 is 0 Å². The van der Waals surface area contributed by atoms with Gasteiger partial charge in [0.2, 0.25) is 0 Å². The van der Waals surface area contributed by atoms with Crippen LogP contribution in [0.1, 0.15) is 36.7 Å². The van der Waals surface area contributed by atoms with Gasteiger partial charge in [-0.05, 0) is 24.6 Å². The van der Waals surface area contributed by atoms with Crippen LogP contribution in [0.4, 0.5) is 4.39 Å². The summed E-state index contributed by atoms with van der Waals surface area (Å²) < 4.78 is 19.6. The van der Waals surface area contributed by atoms with Crippen LogP contribution in [0.15, 0.2) is 53.3 Å². The van der Waals surface area contributed by atoms with E-state index in [4.69, 9.17) is 4.74 Å². The molecule has 0 aliphatic heterocycles. The second-order valence-corrected chi connectivity index (χ2v) is 6.88. The summed E-state index contributed by atoms with van der Waals surface area (Å²) >= 11 is 0. The molecule has 2 amide bonds. The quantitative estimate of drug-likeness (QED) is 0.426. The van der Waals surface area contributed by atoms with Gasteiger partial charge in [-0.15, -0.1) is 0 Å². The van der Waals surface area contributed by atoms with E-state index in [2.05, 4.69) is 22.9 Å². The Morgan fingerprint density at radius 2 is 1.84 bits per heavy atom. The highest BCUT2D eigenvalue weighted by Gasteiger charge is 2.17. The minimum Gasteiger partial charge on any atom is -0.484 e. The van der Waals surface area contributed by atoms with Crippen LogP contribution in [0, 0.1) is 5.82 Å². The van der Waals surface area contributed by atoms with E-state index in [1.54, 1.807) is 24.3 Å². The van der Waals surface area contributed by atoms with Gasteiger partial charge in [0.05, 0.1) is 5.39 Å². The fourth-order valence-electron chi connectivity index (χ4n) is 2.99. The molecule has 0 fully saturated rings. The highest BCUT2D eigenvalue weighted by atomic mass is 19.1. The molecule has 0 aliphatic rings. The van der Waals surface area contributed by atoms with Gasteiger partial charge in [0.15, 0.2) is 12.3 Å². The molecular weight excluding hydrogens is 403 g/mol. The van der Waals surface area contributed by atoms with Crippen LogP contribution < -0.4 is 21.1 Å². The average molecular weight is 426 g/mol. The minimum atomic E-state index is -0.667. The summed E-state index contributed by atoms with van der Waals surface area (Å²) in [5.41, 5.74) is 4.27. The van der Waals surface area contributed by atoms with E-state index < -0.39 is 24.2 Å². The number of amides is 2. The number of hydrogen-bond donors (Lipinski definition) is 2. The topological polar surface area (TPSA) is 102 Å². The number of aryl methyl sites for hydroxylation is 1. The third-order valence-electron chi connectivity index (χ3n) is 4.54. The van der Waals surface area contributed by atoms with Crippen molar-refractivity contribution in [2.24, 2.45) is 0 Å². The molecular formula is C22H23FN4O4. The van der Waals surface area contributed by atoms with Crippen LogP contribution in [0.3, 0.4) is 0 Å². The first-order chi connectivity index (χ1) is 15.0. The van der Waals surface area contributed by atoms with Crippen molar-refractivity contribution in [3.8, 4) is 5.75 Å². The van der Waals surface area contributed by atoms with Crippen molar-refractivity contribution >= 4 is 22.6 Å². The lowest BCUT2D eigenvalue weighted by molar-refractivity contribution is -0.123. The van der Waals surface area contributed by atoms with Crippen molar-refractivity contribution in [2.45, 2.75) is 32.7 Å². The standard InChI is InChI=1S/C22H23FN4O4/c1-2-3-6-12-27-22(30)18-11-5-4-10-17(18)20(26-27)21(29)25-24-19(28)14-31-16-9-7-8-15(23)13-16/h4-5,7-11,13H,2-3,6,12,14H2,1H3,(H,24,28)(H,25,29). The number of carbonyl (C=O) groups excluding carboxylic acids is 2. The highest BCUT2D eigenvalue weighted by Crippen LogP contribution is 2.14. The molecule has 0 bridgehead atoms. The molecule has 0 saturated heterocycles. The maximum atomic E-state index is 13.2. The zero-order valence-electron chi connectivity index (χ0n) is 17.1. The molecule has 2 aromatic carbocycles. The molecule has 3 rings (SSSR count). The maximum absolute atomic E-state index is 13.2. The van der Waals surface area contributed by atoms with E-state index in [-0.39, 0.29) is 17.0 Å². The van der Waals surface area contributed by atoms with Crippen molar-refractivity contribution in [3.05, 3.63) is 70.4 Å². The van der Waals surface area contributed by atoms with Crippen LogP contribution >= 0.6 is 0 Å². The first-order valence-corrected chi connectivity index (χ1v) is 9.97. The normalized spacial score (nSPS) is 10.6. The van der Waals surface area contributed by atoms with Gasteiger partial charge >= 0.3 is 0 Å². The Morgan fingerprint density at radius 3 is 2.58 bits per heavy atom. The van der Waals surface area contributed by atoms with Crippen LogP contribution in [0.5, 0.6) is 5.75 Å². The number of nitrogens with one attached hydrogen (secondary N) is 2. The van der Waals surface area contributed by atoms with Crippen molar-refractivity contribution in [1.82, 2.24) is 20.6 Å². The lowest BCUT2D eigenvalue weighted by Gasteiger charge is -2.12. The van der Waals surface area contributed by atoms with Gasteiger partial charge in [0, 0.05) is 18.0 Å². The largest absolute Gasteiger partial charge is 0.484 e. The number of hydrogen-bond acceptors (Lipinski definition) is 5. The Morgan fingerprint density at radius 1 is 1.06 bits per heavy atom. The first-order valence-electron chi connectivity index (χ1n) is 9.97. The molecule has 0 unspecified atom stereocenters. The number of aromatic nitrogens is 2. The molecule has 1 aromatic heterocycles. The molecule has 0 aliphatic carbocycles. The number of benzene rings is 2. The molecule has 8 nitrogen and oxygen atoms in total. The number of rotatable bonds is 8. The van der Waals surface area contributed by atoms with E-state index in [0.717, 1.165) is 25.3 Å². The molecule has 1 heterocycles. The predicted molar refractivity (Wildman–Crippen MR) is 113 cm³/mol. The van der Waals surface area contributed by atoms with Crippen molar-refractivity contribution in [1.29, 1.82) is 0 Å². The average Bonchev–Trinajstić information content (AvgIpc) is 2.78. The van der Waals surface area contributed by atoms with Gasteiger partial charge in [0.25, 0.3) is 17.4 Å². The molecule has 0 saturated carbocycles. The number of carbonyl (C=O) groups is 2. The summed E-state index contributed by atoms with van der Waals surface area (Å²) in [6.45, 7) is 2.02. The number of fused-ring (bicyclic) bond motifs is 1. The second-order valence-electron chi connectivity index (χ2n) is 6.88. The Hall–Kier alpha value is -3.75. The van der Waals surface area contributed by atoms with Crippen molar-refractivity contribution < 1.29 is 18.7 Å². The summed E-state index contributed by atoms with van der Waals surface area (Å²) in [4.78, 5) is 37.3. The van der Waals surface area contributed by atoms with Crippen molar-refractivity contribution in [3.63, 3.8) is 0 Å². The van der Waals surface area contributed by atoms with Crippen LogP contribution in [-0.4, -0.2) is 28.2 Å². The molecule has 31 heavy (non-hydrogen) atoms. The monoisotopic (exact) mass is 426 g/mol. The molecule has 0 atom stereocenters. The van der Waals surface area contributed by atoms with Crippen LogP contribution in [0.25, 0.3) is 10.8 Å². The Balaban J connectivity index is 1.70. The molecule has 0 radical (unpaired) electrons. The van der Waals surface area contributed by atoms with Gasteiger partial charge < -0.3 is 4.74 Å². The molecule has 0 spiro atoms. The number of halogens is 1. The van der Waals surface area contributed by atoms with E-state index in [1.165, 1.54) is 22.9 Å². The first kappa shape index (κ1) is 21.9. The molecule has 9 heteroatoms. The smallest absolute Gasteiger partial charge is 0.290 e. The number of nitrogens with zero attached hydrogens (tertiary/aromatic N) is 2. The fraction of sp³-hybridized carbons (Fsp3) is 0.273. The summed E-state index contributed by atoms with van der Waals surface area (Å²) in [7, 11) is 0. The Bertz CT molecular complexity index is 1150. The maximum Gasteiger partial charge on any atom is 0.290 e. The molecule has 2 N–H and O–H groups in total. The second kappa shape index (κ2) is 10.3. The van der Waals surface area contributed by atoms with Gasteiger partial charge in [-0.1, -0.05) is 44.0 Å². The van der Waals surface area contributed by atoms with Crippen LogP contribution in [0.2, 0.25) is 0 Å². The van der Waals surface area contributed by atoms with Crippen molar-refractivity contribution in [2.75, 3.05) is 6.61 Å². The van der Waals surface area contributed by atoms with Gasteiger partial charge in [0.1, 0.15) is 11.6 Å². The van der Waals surface area contributed by atoms with Gasteiger partial charge in [-0.2, -0.15) is 5.10 Å². The summed E-state index contributed by atoms with van der Waals surface area (Å²) in [5.74, 6) is -1.61. The van der Waals surface area contributed by atoms with Crippen LogP contribution in [-0.2, 0) is 11.3 Å². The Labute approximate surface area is 178 Å². The third kappa shape index (κ3) is 5.65. The number of hydrazine groups is 1. The lowest BCUT2D eigenvalue weighted by atomic mass is 10.1. The molecule has 3 aromatic rings. The predicted octanol–water partition coefficient (Wildman–Crippen LogP) is 2.57. The van der Waals surface area contributed by atoms with E-state index in [9.17, 15) is 18.8 Å². The molecule has 162 valence electrons. The summed E-state index contributed by atoms with van der Waals surface area (Å²) in [5, 5.41) is 4.99. The minimum absolute atomic E-state index is 0.0260. The third-order valence-corrected chi connectivity index (χ3v) is 4.54. The zero-order valence-corrected chi connectivity index (χ0v) is 17.1. The zero-order chi connectivity index (χ0) is 22.2. The van der Waals surface area contributed by atoms with E-state index in [0.29, 0.717) is 17.3 Å². The van der Waals surface area contributed by atoms with Gasteiger partial charge in [-0.25, -0.2) is 9.07 Å². The number of unbranched alkanes of at least 4 members (excludes halogenated alkanes) is 2. The summed E-state index contributed by atoms with van der Waals surface area (Å²) in [6.07, 6.45) is 2.68. The van der Waals surface area contributed by atoms with E-state index in [1.807, 2.05) is 0 Å².